The topological polar surface area (TPSA) is 55.0 Å². The van der Waals surface area contributed by atoms with Gasteiger partial charge in [0.1, 0.15) is 5.82 Å². The molecule has 14 heavy (non-hydrogen) atoms. The first kappa shape index (κ1) is 10.3. The average molecular weight is 190 g/mol. The second-order valence-electron chi connectivity index (χ2n) is 2.94. The van der Waals surface area contributed by atoms with Gasteiger partial charge in [-0.2, -0.15) is 0 Å². The predicted molar refractivity (Wildman–Crippen MR) is 57.8 cm³/mol. The van der Waals surface area contributed by atoms with E-state index >= 15 is 0 Å². The SMILES string of the molecule is C#CCN(CCC)c1ccc(N)nn1. The Morgan fingerprint density at radius 1 is 1.50 bits per heavy atom. The number of hydrogen-bond acceptors (Lipinski definition) is 4. The van der Waals surface area contributed by atoms with Crippen molar-refractivity contribution in [3.8, 4) is 12.3 Å². The smallest absolute Gasteiger partial charge is 0.152 e. The van der Waals surface area contributed by atoms with Gasteiger partial charge in [0.25, 0.3) is 0 Å². The molecule has 4 heteroatoms. The molecular formula is C10H14N4. The number of aromatic nitrogens is 2. The highest BCUT2D eigenvalue weighted by Gasteiger charge is 2.04. The Bertz CT molecular complexity index is 312. The highest BCUT2D eigenvalue weighted by molar-refractivity contribution is 5.42. The summed E-state index contributed by atoms with van der Waals surface area (Å²) in [6.45, 7) is 3.52. The van der Waals surface area contributed by atoms with Crippen LogP contribution in [0.5, 0.6) is 0 Å². The van der Waals surface area contributed by atoms with E-state index < -0.39 is 0 Å². The van der Waals surface area contributed by atoms with Crippen molar-refractivity contribution in [1.29, 1.82) is 0 Å². The largest absolute Gasteiger partial charge is 0.382 e. The van der Waals surface area contributed by atoms with Gasteiger partial charge in [0.05, 0.1) is 6.54 Å². The van der Waals surface area contributed by atoms with Gasteiger partial charge in [-0.25, -0.2) is 0 Å². The second-order valence-corrected chi connectivity index (χ2v) is 2.94. The van der Waals surface area contributed by atoms with Gasteiger partial charge in [0.15, 0.2) is 5.82 Å². The van der Waals surface area contributed by atoms with Gasteiger partial charge in [-0.05, 0) is 18.6 Å². The molecule has 4 nitrogen and oxygen atoms in total. The molecule has 0 fully saturated rings. The number of rotatable bonds is 4. The molecule has 0 aliphatic heterocycles. The normalized spacial score (nSPS) is 9.43. The standard InChI is InChI=1S/C10H14N4/c1-3-7-14(8-4-2)10-6-5-9(11)12-13-10/h1,5-6H,4,7-8H2,2H3,(H2,11,12). The van der Waals surface area contributed by atoms with Crippen molar-refractivity contribution in [3.05, 3.63) is 12.1 Å². The maximum Gasteiger partial charge on any atom is 0.152 e. The van der Waals surface area contributed by atoms with Gasteiger partial charge < -0.3 is 10.6 Å². The van der Waals surface area contributed by atoms with Crippen LogP contribution in [0.1, 0.15) is 13.3 Å². The number of nitrogens with zero attached hydrogens (tertiary/aromatic N) is 3. The van der Waals surface area contributed by atoms with Crippen molar-refractivity contribution in [3.63, 3.8) is 0 Å². The zero-order valence-corrected chi connectivity index (χ0v) is 8.27. The van der Waals surface area contributed by atoms with E-state index in [0.29, 0.717) is 12.4 Å². The molecule has 1 heterocycles. The molecule has 1 aromatic rings. The highest BCUT2D eigenvalue weighted by atomic mass is 15.3. The molecule has 2 N–H and O–H groups in total. The van der Waals surface area contributed by atoms with Crippen molar-refractivity contribution in [2.45, 2.75) is 13.3 Å². The van der Waals surface area contributed by atoms with Crippen LogP contribution in [0, 0.1) is 12.3 Å². The number of nitrogens with two attached hydrogens (primary N) is 1. The van der Waals surface area contributed by atoms with E-state index in [2.05, 4.69) is 23.0 Å². The first-order valence-electron chi connectivity index (χ1n) is 4.55. The summed E-state index contributed by atoms with van der Waals surface area (Å²) >= 11 is 0. The summed E-state index contributed by atoms with van der Waals surface area (Å²) in [6.07, 6.45) is 6.28. The molecule has 0 atom stereocenters. The zero-order chi connectivity index (χ0) is 10.4. The summed E-state index contributed by atoms with van der Waals surface area (Å²) in [5, 5.41) is 7.75. The van der Waals surface area contributed by atoms with E-state index in [9.17, 15) is 0 Å². The van der Waals surface area contributed by atoms with Crippen molar-refractivity contribution < 1.29 is 0 Å². The molecule has 0 spiro atoms. The summed E-state index contributed by atoms with van der Waals surface area (Å²) in [7, 11) is 0. The van der Waals surface area contributed by atoms with Crippen LogP contribution in [0.25, 0.3) is 0 Å². The molecule has 74 valence electrons. The third kappa shape index (κ3) is 2.63. The number of hydrogen-bond donors (Lipinski definition) is 1. The van der Waals surface area contributed by atoms with Crippen molar-refractivity contribution in [1.82, 2.24) is 10.2 Å². The summed E-state index contributed by atoms with van der Waals surface area (Å²) in [5.74, 6) is 3.79. The fraction of sp³-hybridized carbons (Fsp3) is 0.400. The Kier molecular flexibility index (Phi) is 3.74. The molecule has 0 aliphatic carbocycles. The van der Waals surface area contributed by atoms with E-state index in [1.807, 2.05) is 11.0 Å². The fourth-order valence-electron chi connectivity index (χ4n) is 1.16. The molecule has 0 saturated carbocycles. The first-order valence-corrected chi connectivity index (χ1v) is 4.55. The lowest BCUT2D eigenvalue weighted by atomic mass is 10.4. The van der Waals surface area contributed by atoms with Crippen LogP contribution < -0.4 is 10.6 Å². The van der Waals surface area contributed by atoms with Crippen molar-refractivity contribution in [2.24, 2.45) is 0 Å². The monoisotopic (exact) mass is 190 g/mol. The minimum Gasteiger partial charge on any atom is -0.382 e. The van der Waals surface area contributed by atoms with Gasteiger partial charge in [-0.3, -0.25) is 0 Å². The second kappa shape index (κ2) is 5.07. The lowest BCUT2D eigenvalue weighted by molar-refractivity contribution is 0.796. The van der Waals surface area contributed by atoms with E-state index in [-0.39, 0.29) is 0 Å². The highest BCUT2D eigenvalue weighted by Crippen LogP contribution is 2.09. The number of nitrogen functional groups attached to an aromatic ring is 1. The summed E-state index contributed by atoms with van der Waals surface area (Å²) in [6, 6.07) is 3.55. The average Bonchev–Trinajstić information content (AvgIpc) is 2.19. The molecule has 1 aromatic heterocycles. The molecule has 0 unspecified atom stereocenters. The number of terminal acetylenes is 1. The minimum absolute atomic E-state index is 0.422. The Morgan fingerprint density at radius 3 is 2.79 bits per heavy atom. The summed E-state index contributed by atoms with van der Waals surface area (Å²) in [5.41, 5.74) is 5.44. The zero-order valence-electron chi connectivity index (χ0n) is 8.27. The minimum atomic E-state index is 0.422. The molecule has 0 aromatic carbocycles. The summed E-state index contributed by atoms with van der Waals surface area (Å²) in [4.78, 5) is 1.99. The van der Waals surface area contributed by atoms with Crippen LogP contribution in [-0.4, -0.2) is 23.3 Å². The predicted octanol–water partition coefficient (Wildman–Crippen LogP) is 0.908. The lowest BCUT2D eigenvalue weighted by Gasteiger charge is -2.19. The Morgan fingerprint density at radius 2 is 2.29 bits per heavy atom. The maximum atomic E-state index is 5.44. The molecule has 1 rings (SSSR count). The van der Waals surface area contributed by atoms with E-state index in [1.54, 1.807) is 6.07 Å². The quantitative estimate of drug-likeness (QED) is 0.717. The molecule has 0 amide bonds. The molecule has 0 aliphatic rings. The Labute approximate surface area is 84.1 Å². The van der Waals surface area contributed by atoms with E-state index in [4.69, 9.17) is 12.2 Å². The maximum absolute atomic E-state index is 5.44. The van der Waals surface area contributed by atoms with Gasteiger partial charge in [0.2, 0.25) is 0 Å². The van der Waals surface area contributed by atoms with Crippen LogP contribution >= 0.6 is 0 Å². The molecule has 0 radical (unpaired) electrons. The number of anilines is 2. The Hall–Kier alpha value is -1.76. The Balaban J connectivity index is 2.77. The van der Waals surface area contributed by atoms with Crippen molar-refractivity contribution >= 4 is 11.6 Å². The van der Waals surface area contributed by atoms with Crippen LogP contribution in [0.3, 0.4) is 0 Å². The van der Waals surface area contributed by atoms with Crippen LogP contribution in [0.4, 0.5) is 11.6 Å². The van der Waals surface area contributed by atoms with Crippen molar-refractivity contribution in [2.75, 3.05) is 23.7 Å². The van der Waals surface area contributed by atoms with Gasteiger partial charge >= 0.3 is 0 Å². The van der Waals surface area contributed by atoms with Crippen LogP contribution in [0.2, 0.25) is 0 Å². The third-order valence-electron chi connectivity index (χ3n) is 1.77. The summed E-state index contributed by atoms with van der Waals surface area (Å²) < 4.78 is 0. The molecule has 0 bridgehead atoms. The fourth-order valence-corrected chi connectivity index (χ4v) is 1.16. The van der Waals surface area contributed by atoms with E-state index in [0.717, 1.165) is 18.8 Å². The van der Waals surface area contributed by atoms with Gasteiger partial charge in [-0.1, -0.05) is 12.8 Å². The molecular weight excluding hydrogens is 176 g/mol. The van der Waals surface area contributed by atoms with Crippen LogP contribution in [0.15, 0.2) is 12.1 Å². The third-order valence-corrected chi connectivity index (χ3v) is 1.77. The van der Waals surface area contributed by atoms with Gasteiger partial charge in [0, 0.05) is 6.54 Å². The van der Waals surface area contributed by atoms with Crippen LogP contribution in [-0.2, 0) is 0 Å². The van der Waals surface area contributed by atoms with Gasteiger partial charge in [-0.15, -0.1) is 16.6 Å². The lowest BCUT2D eigenvalue weighted by Crippen LogP contribution is -2.25. The first-order chi connectivity index (χ1) is 6.77. The molecule has 0 saturated heterocycles. The van der Waals surface area contributed by atoms with E-state index in [1.165, 1.54) is 0 Å².